The minimum Gasteiger partial charge on any atom is -0.381 e. The predicted octanol–water partition coefficient (Wildman–Crippen LogP) is 1.87. The van der Waals surface area contributed by atoms with E-state index in [-0.39, 0.29) is 11.8 Å². The van der Waals surface area contributed by atoms with Crippen LogP contribution in [0.3, 0.4) is 0 Å². The summed E-state index contributed by atoms with van der Waals surface area (Å²) in [6, 6.07) is 8.28. The molecule has 1 N–H and O–H groups in total. The van der Waals surface area contributed by atoms with E-state index >= 15 is 0 Å². The van der Waals surface area contributed by atoms with E-state index in [0.29, 0.717) is 12.4 Å². The molecule has 0 aliphatic carbocycles. The van der Waals surface area contributed by atoms with E-state index in [0.717, 1.165) is 32.5 Å². The Morgan fingerprint density at radius 3 is 3.06 bits per heavy atom. The second-order valence-electron chi connectivity index (χ2n) is 5.20. The van der Waals surface area contributed by atoms with Gasteiger partial charge in [0.2, 0.25) is 0 Å². The molecule has 1 aromatic rings. The molecule has 0 bridgehead atoms. The van der Waals surface area contributed by atoms with Gasteiger partial charge in [0.15, 0.2) is 0 Å². The molecule has 0 amide bonds. The molecule has 3 rings (SSSR count). The maximum absolute atomic E-state index is 12.6. The highest BCUT2D eigenvalue weighted by Gasteiger charge is 2.32. The molecule has 2 heterocycles. The Bertz CT molecular complexity index is 438. The van der Waals surface area contributed by atoms with Gasteiger partial charge < -0.3 is 10.1 Å². The monoisotopic (exact) mass is 245 g/mol. The van der Waals surface area contributed by atoms with Crippen LogP contribution < -0.4 is 5.32 Å². The molecule has 2 atom stereocenters. The number of benzene rings is 1. The van der Waals surface area contributed by atoms with Crippen LogP contribution in [0.5, 0.6) is 0 Å². The van der Waals surface area contributed by atoms with Crippen molar-refractivity contribution in [3.05, 3.63) is 35.4 Å². The Labute approximate surface area is 108 Å². The molecule has 0 aromatic heterocycles. The Kier molecular flexibility index (Phi) is 3.43. The van der Waals surface area contributed by atoms with Crippen LogP contribution in [0, 0.1) is 5.92 Å². The van der Waals surface area contributed by atoms with Crippen LogP contribution in [0.15, 0.2) is 24.3 Å². The van der Waals surface area contributed by atoms with Crippen molar-refractivity contribution in [2.24, 2.45) is 5.92 Å². The molecule has 3 heteroatoms. The molecule has 3 nitrogen and oxygen atoms in total. The third-order valence-electron chi connectivity index (χ3n) is 4.00. The Balaban J connectivity index is 1.82. The molecule has 1 saturated heterocycles. The maximum Gasteiger partial charge on any atom is 0.146 e. The first-order valence-electron chi connectivity index (χ1n) is 6.76. The van der Waals surface area contributed by atoms with Crippen molar-refractivity contribution in [3.8, 4) is 0 Å². The number of fused-ring (bicyclic) bond motifs is 1. The fraction of sp³-hybridized carbons (Fsp3) is 0.533. The lowest BCUT2D eigenvalue weighted by Gasteiger charge is -2.30. The summed E-state index contributed by atoms with van der Waals surface area (Å²) in [5.74, 6) is 0.465. The van der Waals surface area contributed by atoms with Crippen LogP contribution in [-0.4, -0.2) is 25.5 Å². The number of hydrogen-bond acceptors (Lipinski definition) is 3. The highest BCUT2D eigenvalue weighted by molar-refractivity contribution is 5.89. The molecule has 2 aliphatic heterocycles. The average molecular weight is 245 g/mol. The largest absolute Gasteiger partial charge is 0.381 e. The summed E-state index contributed by atoms with van der Waals surface area (Å²) >= 11 is 0. The van der Waals surface area contributed by atoms with Crippen molar-refractivity contribution < 1.29 is 9.53 Å². The zero-order valence-electron chi connectivity index (χ0n) is 10.5. The van der Waals surface area contributed by atoms with E-state index < -0.39 is 0 Å². The first-order chi connectivity index (χ1) is 8.86. The number of ether oxygens (including phenoxy) is 1. The number of nitrogens with one attached hydrogen (secondary N) is 1. The molecule has 0 saturated carbocycles. The van der Waals surface area contributed by atoms with Crippen molar-refractivity contribution in [1.29, 1.82) is 0 Å². The quantitative estimate of drug-likeness (QED) is 0.864. The average Bonchev–Trinajstić information content (AvgIpc) is 2.47. The number of carbonyl (C=O) groups is 1. The predicted molar refractivity (Wildman–Crippen MR) is 69.4 cm³/mol. The van der Waals surface area contributed by atoms with Gasteiger partial charge in [0.25, 0.3) is 0 Å². The first kappa shape index (κ1) is 11.9. The number of ketones is 1. The number of rotatable bonds is 2. The molecule has 2 aliphatic rings. The highest BCUT2D eigenvalue weighted by atomic mass is 16.5. The van der Waals surface area contributed by atoms with Gasteiger partial charge in [-0.2, -0.15) is 0 Å². The van der Waals surface area contributed by atoms with Crippen molar-refractivity contribution >= 4 is 5.78 Å². The van der Waals surface area contributed by atoms with E-state index in [1.807, 2.05) is 12.1 Å². The zero-order valence-corrected chi connectivity index (χ0v) is 10.5. The Hall–Kier alpha value is -1.19. The van der Waals surface area contributed by atoms with Gasteiger partial charge in [-0.05, 0) is 24.0 Å². The van der Waals surface area contributed by atoms with Crippen molar-refractivity contribution in [1.82, 2.24) is 5.32 Å². The summed E-state index contributed by atoms with van der Waals surface area (Å²) in [5.41, 5.74) is 2.48. The van der Waals surface area contributed by atoms with Crippen LogP contribution in [0.25, 0.3) is 0 Å². The standard InChI is InChI=1S/C15H19NO2/c17-15(12-5-3-7-18-10-12)14-9-16-8-11-4-1-2-6-13(11)14/h1-2,4,6,12,14,16H,3,5,7-10H2. The summed E-state index contributed by atoms with van der Waals surface area (Å²) < 4.78 is 5.44. The second-order valence-corrected chi connectivity index (χ2v) is 5.20. The summed E-state index contributed by atoms with van der Waals surface area (Å²) in [6.07, 6.45) is 2.00. The molecule has 0 radical (unpaired) electrons. The van der Waals surface area contributed by atoms with Crippen molar-refractivity contribution in [2.45, 2.75) is 25.3 Å². The molecule has 18 heavy (non-hydrogen) atoms. The van der Waals surface area contributed by atoms with Crippen molar-refractivity contribution in [2.75, 3.05) is 19.8 Å². The van der Waals surface area contributed by atoms with Crippen LogP contribution in [0.1, 0.15) is 29.9 Å². The van der Waals surface area contributed by atoms with E-state index in [2.05, 4.69) is 17.4 Å². The van der Waals surface area contributed by atoms with Gasteiger partial charge in [0.05, 0.1) is 12.5 Å². The Morgan fingerprint density at radius 2 is 2.22 bits per heavy atom. The van der Waals surface area contributed by atoms with Gasteiger partial charge in [0, 0.05) is 25.6 Å². The molecule has 0 spiro atoms. The third kappa shape index (κ3) is 2.20. The molecule has 96 valence electrons. The molecular formula is C15H19NO2. The second kappa shape index (κ2) is 5.21. The normalized spacial score (nSPS) is 27.6. The van der Waals surface area contributed by atoms with Crippen molar-refractivity contribution in [3.63, 3.8) is 0 Å². The van der Waals surface area contributed by atoms with Gasteiger partial charge in [-0.25, -0.2) is 0 Å². The van der Waals surface area contributed by atoms with Crippen LogP contribution in [0.2, 0.25) is 0 Å². The maximum atomic E-state index is 12.6. The van der Waals surface area contributed by atoms with Crippen LogP contribution >= 0.6 is 0 Å². The number of carbonyl (C=O) groups excluding carboxylic acids is 1. The SMILES string of the molecule is O=C(C1CCCOC1)C1CNCc2ccccc21. The van der Waals surface area contributed by atoms with E-state index in [1.165, 1.54) is 11.1 Å². The topological polar surface area (TPSA) is 38.3 Å². The zero-order chi connectivity index (χ0) is 12.4. The molecule has 1 aromatic carbocycles. The lowest BCUT2D eigenvalue weighted by atomic mass is 9.81. The summed E-state index contributed by atoms with van der Waals surface area (Å²) in [7, 11) is 0. The lowest BCUT2D eigenvalue weighted by molar-refractivity contribution is -0.128. The Morgan fingerprint density at radius 1 is 1.33 bits per heavy atom. The molecule has 1 fully saturated rings. The van der Waals surface area contributed by atoms with Crippen LogP contribution in [0.4, 0.5) is 0 Å². The minimum absolute atomic E-state index is 0.0154. The fourth-order valence-electron chi connectivity index (χ4n) is 3.00. The summed E-state index contributed by atoms with van der Waals surface area (Å²) in [5, 5.41) is 3.35. The van der Waals surface area contributed by atoms with E-state index in [9.17, 15) is 4.79 Å². The highest BCUT2D eigenvalue weighted by Crippen LogP contribution is 2.29. The van der Waals surface area contributed by atoms with E-state index in [4.69, 9.17) is 4.74 Å². The lowest BCUT2D eigenvalue weighted by Crippen LogP contribution is -2.37. The smallest absolute Gasteiger partial charge is 0.146 e. The van der Waals surface area contributed by atoms with Crippen LogP contribution in [-0.2, 0) is 16.1 Å². The van der Waals surface area contributed by atoms with Gasteiger partial charge in [0.1, 0.15) is 5.78 Å². The van der Waals surface area contributed by atoms with E-state index in [1.54, 1.807) is 0 Å². The minimum atomic E-state index is 0.0154. The number of Topliss-reactive ketones (excluding diaryl/α,β-unsaturated/α-hetero) is 1. The summed E-state index contributed by atoms with van der Waals surface area (Å²) in [6.45, 7) is 3.06. The molecular weight excluding hydrogens is 226 g/mol. The van der Waals surface area contributed by atoms with Gasteiger partial charge in [-0.3, -0.25) is 4.79 Å². The number of hydrogen-bond donors (Lipinski definition) is 1. The van der Waals surface area contributed by atoms with Gasteiger partial charge in [-0.15, -0.1) is 0 Å². The van der Waals surface area contributed by atoms with Gasteiger partial charge in [-0.1, -0.05) is 24.3 Å². The fourth-order valence-corrected chi connectivity index (χ4v) is 3.00. The summed E-state index contributed by atoms with van der Waals surface area (Å²) in [4.78, 5) is 12.6. The first-order valence-corrected chi connectivity index (χ1v) is 6.76. The third-order valence-corrected chi connectivity index (χ3v) is 4.00. The van der Waals surface area contributed by atoms with Gasteiger partial charge >= 0.3 is 0 Å². The molecule has 2 unspecified atom stereocenters.